The van der Waals surface area contributed by atoms with Crippen LogP contribution in [0.4, 0.5) is 0 Å². The number of aromatic amines is 1. The first-order valence-electron chi connectivity index (χ1n) is 6.22. The van der Waals surface area contributed by atoms with Gasteiger partial charge in [-0.05, 0) is 37.5 Å². The molecule has 2 N–H and O–H groups in total. The quantitative estimate of drug-likeness (QED) is 0.828. The minimum absolute atomic E-state index is 0.0888. The Labute approximate surface area is 110 Å². The van der Waals surface area contributed by atoms with Gasteiger partial charge in [-0.3, -0.25) is 4.79 Å². The lowest BCUT2D eigenvalue weighted by Crippen LogP contribution is -2.04. The molecule has 0 aliphatic carbocycles. The number of carbonyl (C=O) groups excluding carboxylic acids is 1. The van der Waals surface area contributed by atoms with Crippen LogP contribution in [0, 0.1) is 13.8 Å². The van der Waals surface area contributed by atoms with Crippen LogP contribution in [0.2, 0.25) is 0 Å². The van der Waals surface area contributed by atoms with Gasteiger partial charge in [0.15, 0.2) is 5.78 Å². The summed E-state index contributed by atoms with van der Waals surface area (Å²) in [5, 5.41) is 8.95. The van der Waals surface area contributed by atoms with Crippen molar-refractivity contribution in [2.45, 2.75) is 33.6 Å². The van der Waals surface area contributed by atoms with Gasteiger partial charge in [-0.25, -0.2) is 9.78 Å². The highest BCUT2D eigenvalue weighted by Gasteiger charge is 2.18. The summed E-state index contributed by atoms with van der Waals surface area (Å²) in [6.07, 6.45) is 1.28. The Hall–Kier alpha value is -2.17. The van der Waals surface area contributed by atoms with Crippen LogP contribution in [0.1, 0.15) is 51.9 Å². The van der Waals surface area contributed by atoms with Gasteiger partial charge in [-0.1, -0.05) is 6.92 Å². The Kier molecular flexibility index (Phi) is 3.38. The minimum atomic E-state index is -1.10. The number of Topliss-reactive ketones (excluding diaryl/α,β-unsaturated/α-hetero) is 1. The SMILES string of the molecule is CCCC(=O)c1c(C)cc2nc(C(=O)O)[nH]c2c1C. The Bertz CT molecular complexity index is 671. The number of hydrogen-bond donors (Lipinski definition) is 2. The number of ketones is 1. The molecule has 0 atom stereocenters. The molecule has 0 saturated heterocycles. The van der Waals surface area contributed by atoms with Crippen LogP contribution < -0.4 is 0 Å². The van der Waals surface area contributed by atoms with Gasteiger partial charge in [0.25, 0.3) is 0 Å². The Morgan fingerprint density at radius 2 is 2.05 bits per heavy atom. The molecule has 2 aromatic rings. The lowest BCUT2D eigenvalue weighted by molar-refractivity contribution is 0.0685. The second-order valence-electron chi connectivity index (χ2n) is 4.65. The molecule has 5 heteroatoms. The third-order valence-electron chi connectivity index (χ3n) is 3.19. The number of benzene rings is 1. The van der Waals surface area contributed by atoms with E-state index in [0.29, 0.717) is 23.0 Å². The topological polar surface area (TPSA) is 83.1 Å². The highest BCUT2D eigenvalue weighted by molar-refractivity contribution is 6.03. The van der Waals surface area contributed by atoms with Gasteiger partial charge in [0.2, 0.25) is 5.82 Å². The minimum Gasteiger partial charge on any atom is -0.475 e. The van der Waals surface area contributed by atoms with Crippen LogP contribution in [-0.2, 0) is 0 Å². The van der Waals surface area contributed by atoms with Crippen LogP contribution in [-0.4, -0.2) is 26.8 Å². The molecule has 0 radical (unpaired) electrons. The fourth-order valence-corrected chi connectivity index (χ4v) is 2.36. The van der Waals surface area contributed by atoms with Crippen molar-refractivity contribution in [3.63, 3.8) is 0 Å². The average Bonchev–Trinajstić information content (AvgIpc) is 2.73. The number of nitrogens with one attached hydrogen (secondary N) is 1. The molecule has 1 aromatic heterocycles. The standard InChI is InChI=1S/C14H16N2O3/c1-4-5-10(17)11-7(2)6-9-12(8(11)3)16-13(15-9)14(18)19/h6H,4-5H2,1-3H3,(H,15,16)(H,18,19). The van der Waals surface area contributed by atoms with Crippen molar-refractivity contribution in [1.29, 1.82) is 0 Å². The van der Waals surface area contributed by atoms with Crippen molar-refractivity contribution in [1.82, 2.24) is 9.97 Å². The largest absolute Gasteiger partial charge is 0.475 e. The van der Waals surface area contributed by atoms with Crippen LogP contribution in [0.5, 0.6) is 0 Å². The molecule has 5 nitrogen and oxygen atoms in total. The Morgan fingerprint density at radius 1 is 1.37 bits per heavy atom. The van der Waals surface area contributed by atoms with E-state index in [1.54, 1.807) is 6.07 Å². The predicted octanol–water partition coefficient (Wildman–Crippen LogP) is 2.86. The molecular formula is C14H16N2O3. The fraction of sp³-hybridized carbons (Fsp3) is 0.357. The predicted molar refractivity (Wildman–Crippen MR) is 71.8 cm³/mol. The molecule has 100 valence electrons. The number of aromatic nitrogens is 2. The van der Waals surface area contributed by atoms with Gasteiger partial charge < -0.3 is 10.1 Å². The van der Waals surface area contributed by atoms with Crippen molar-refractivity contribution in [2.75, 3.05) is 0 Å². The third kappa shape index (κ3) is 2.23. The highest BCUT2D eigenvalue weighted by Crippen LogP contribution is 2.25. The number of fused-ring (bicyclic) bond motifs is 1. The summed E-state index contributed by atoms with van der Waals surface area (Å²) in [5.74, 6) is -1.11. The van der Waals surface area contributed by atoms with Crippen molar-refractivity contribution >= 4 is 22.8 Å². The van der Waals surface area contributed by atoms with Crippen molar-refractivity contribution in [3.8, 4) is 0 Å². The van der Waals surface area contributed by atoms with Gasteiger partial charge >= 0.3 is 5.97 Å². The van der Waals surface area contributed by atoms with E-state index in [0.717, 1.165) is 17.5 Å². The van der Waals surface area contributed by atoms with Gasteiger partial charge in [0, 0.05) is 12.0 Å². The molecule has 0 saturated carbocycles. The molecule has 1 aromatic carbocycles. The molecule has 0 amide bonds. The first-order valence-corrected chi connectivity index (χ1v) is 6.22. The number of imidazole rings is 1. The molecule has 0 aliphatic heterocycles. The van der Waals surface area contributed by atoms with E-state index >= 15 is 0 Å². The van der Waals surface area contributed by atoms with Gasteiger partial charge in [0.1, 0.15) is 0 Å². The lowest BCUT2D eigenvalue weighted by atomic mass is 9.95. The molecule has 1 heterocycles. The summed E-state index contributed by atoms with van der Waals surface area (Å²) in [7, 11) is 0. The number of aryl methyl sites for hydroxylation is 2. The molecule has 0 aliphatic rings. The summed E-state index contributed by atoms with van der Waals surface area (Å²) in [5.41, 5.74) is 3.50. The molecule has 0 bridgehead atoms. The molecule has 0 unspecified atom stereocenters. The Morgan fingerprint density at radius 3 is 2.63 bits per heavy atom. The normalized spacial score (nSPS) is 10.9. The smallest absolute Gasteiger partial charge is 0.371 e. The van der Waals surface area contributed by atoms with Crippen LogP contribution in [0.25, 0.3) is 11.0 Å². The van der Waals surface area contributed by atoms with E-state index in [-0.39, 0.29) is 11.6 Å². The van der Waals surface area contributed by atoms with E-state index in [1.165, 1.54) is 0 Å². The third-order valence-corrected chi connectivity index (χ3v) is 3.19. The Balaban J connectivity index is 2.67. The molecule has 2 rings (SSSR count). The number of carboxylic acids is 1. The van der Waals surface area contributed by atoms with Gasteiger partial charge in [-0.2, -0.15) is 0 Å². The lowest BCUT2D eigenvalue weighted by Gasteiger charge is -2.09. The first-order chi connectivity index (χ1) is 8.95. The second kappa shape index (κ2) is 4.84. The molecule has 0 fully saturated rings. The number of nitrogens with zero attached hydrogens (tertiary/aromatic N) is 1. The number of H-pyrrole nitrogens is 1. The zero-order chi connectivity index (χ0) is 14.2. The summed E-state index contributed by atoms with van der Waals surface area (Å²) < 4.78 is 0. The van der Waals surface area contributed by atoms with E-state index in [2.05, 4.69) is 9.97 Å². The second-order valence-corrected chi connectivity index (χ2v) is 4.65. The van der Waals surface area contributed by atoms with E-state index < -0.39 is 5.97 Å². The van der Waals surface area contributed by atoms with E-state index in [4.69, 9.17) is 5.11 Å². The van der Waals surface area contributed by atoms with E-state index in [9.17, 15) is 9.59 Å². The fourth-order valence-electron chi connectivity index (χ4n) is 2.36. The van der Waals surface area contributed by atoms with Crippen molar-refractivity contribution < 1.29 is 14.7 Å². The highest BCUT2D eigenvalue weighted by atomic mass is 16.4. The van der Waals surface area contributed by atoms with Crippen LogP contribution >= 0.6 is 0 Å². The van der Waals surface area contributed by atoms with Crippen LogP contribution in [0.3, 0.4) is 0 Å². The number of aromatic carboxylic acids is 1. The summed E-state index contributed by atoms with van der Waals surface area (Å²) >= 11 is 0. The zero-order valence-electron chi connectivity index (χ0n) is 11.2. The monoisotopic (exact) mass is 260 g/mol. The number of carbonyl (C=O) groups is 2. The van der Waals surface area contributed by atoms with Gasteiger partial charge in [-0.15, -0.1) is 0 Å². The number of rotatable bonds is 4. The van der Waals surface area contributed by atoms with Crippen LogP contribution in [0.15, 0.2) is 6.07 Å². The van der Waals surface area contributed by atoms with E-state index in [1.807, 2.05) is 20.8 Å². The zero-order valence-corrected chi connectivity index (χ0v) is 11.2. The van der Waals surface area contributed by atoms with Crippen molar-refractivity contribution in [3.05, 3.63) is 28.6 Å². The van der Waals surface area contributed by atoms with Gasteiger partial charge in [0.05, 0.1) is 11.0 Å². The summed E-state index contributed by atoms with van der Waals surface area (Å²) in [6.45, 7) is 5.63. The maximum absolute atomic E-state index is 12.1. The maximum atomic E-state index is 12.1. The van der Waals surface area contributed by atoms with Crippen molar-refractivity contribution in [2.24, 2.45) is 0 Å². The number of carboxylic acid groups (broad SMARTS) is 1. The maximum Gasteiger partial charge on any atom is 0.371 e. The number of hydrogen-bond acceptors (Lipinski definition) is 3. The first kappa shape index (κ1) is 13.3. The molecule has 0 spiro atoms. The molecule has 19 heavy (non-hydrogen) atoms. The molecular weight excluding hydrogens is 244 g/mol. The summed E-state index contributed by atoms with van der Waals surface area (Å²) in [4.78, 5) is 29.8. The average molecular weight is 260 g/mol. The summed E-state index contributed by atoms with van der Waals surface area (Å²) in [6, 6.07) is 1.76.